The first-order chi connectivity index (χ1) is 7.54. The predicted octanol–water partition coefficient (Wildman–Crippen LogP) is 1.50. The van der Waals surface area contributed by atoms with Crippen molar-refractivity contribution in [1.29, 1.82) is 0 Å². The summed E-state index contributed by atoms with van der Waals surface area (Å²) in [5.41, 5.74) is 1.61. The van der Waals surface area contributed by atoms with Crippen LogP contribution in [-0.2, 0) is 0 Å². The molecule has 1 unspecified atom stereocenters. The van der Waals surface area contributed by atoms with Crippen LogP contribution in [0, 0.1) is 12.3 Å². The lowest BCUT2D eigenvalue weighted by atomic mass is 10.1. The maximum atomic E-state index is 11.8. The van der Waals surface area contributed by atoms with E-state index in [9.17, 15) is 4.79 Å². The Hall–Kier alpha value is -1.95. The first-order valence-corrected chi connectivity index (χ1v) is 5.09. The number of benzene rings is 1. The minimum atomic E-state index is -0.254. The first-order valence-electron chi connectivity index (χ1n) is 5.09. The van der Waals surface area contributed by atoms with Crippen molar-refractivity contribution >= 4 is 11.6 Å². The number of carbonyl (C=O) groups is 1. The van der Waals surface area contributed by atoms with Crippen LogP contribution in [0.4, 0.5) is 5.69 Å². The number of terminal acetylenes is 1. The Kier molecular flexibility index (Phi) is 3.96. The Morgan fingerprint density at radius 1 is 1.50 bits per heavy atom. The van der Waals surface area contributed by atoms with Crippen molar-refractivity contribution in [3.8, 4) is 12.3 Å². The van der Waals surface area contributed by atoms with Crippen LogP contribution >= 0.6 is 0 Å². The lowest BCUT2D eigenvalue weighted by Gasteiger charge is -2.14. The predicted molar refractivity (Wildman–Crippen MR) is 66.5 cm³/mol. The molecule has 1 rings (SSSR count). The molecule has 16 heavy (non-hydrogen) atoms. The summed E-state index contributed by atoms with van der Waals surface area (Å²) in [5, 5.41) is 2.72. The fraction of sp³-hybridized carbons (Fsp3) is 0.308. The molecule has 0 fully saturated rings. The molecule has 1 N–H and O–H groups in total. The van der Waals surface area contributed by atoms with E-state index in [4.69, 9.17) is 6.42 Å². The average molecular weight is 216 g/mol. The zero-order chi connectivity index (χ0) is 12.1. The van der Waals surface area contributed by atoms with Gasteiger partial charge in [0.15, 0.2) is 0 Å². The number of hydrogen-bond donors (Lipinski definition) is 1. The third-order valence-corrected chi connectivity index (χ3v) is 2.22. The van der Waals surface area contributed by atoms with Crippen LogP contribution in [0.5, 0.6) is 0 Å². The smallest absolute Gasteiger partial charge is 0.252 e. The Morgan fingerprint density at radius 3 is 2.75 bits per heavy atom. The van der Waals surface area contributed by atoms with Gasteiger partial charge in [-0.15, -0.1) is 6.42 Å². The van der Waals surface area contributed by atoms with Gasteiger partial charge in [-0.25, -0.2) is 0 Å². The van der Waals surface area contributed by atoms with E-state index < -0.39 is 0 Å². The number of rotatable bonds is 3. The van der Waals surface area contributed by atoms with Gasteiger partial charge in [-0.3, -0.25) is 4.79 Å². The maximum Gasteiger partial charge on any atom is 0.252 e. The largest absolute Gasteiger partial charge is 0.378 e. The molecule has 0 saturated carbocycles. The van der Waals surface area contributed by atoms with Crippen molar-refractivity contribution in [1.82, 2.24) is 5.32 Å². The van der Waals surface area contributed by atoms with Crippen LogP contribution in [0.3, 0.4) is 0 Å². The highest BCUT2D eigenvalue weighted by Gasteiger charge is 2.08. The van der Waals surface area contributed by atoms with E-state index in [1.54, 1.807) is 13.0 Å². The zero-order valence-corrected chi connectivity index (χ0v) is 9.82. The number of carbonyl (C=O) groups excluding carboxylic acids is 1. The van der Waals surface area contributed by atoms with Gasteiger partial charge in [0, 0.05) is 25.3 Å². The molecule has 0 aromatic heterocycles. The van der Waals surface area contributed by atoms with Gasteiger partial charge in [-0.2, -0.15) is 0 Å². The van der Waals surface area contributed by atoms with Crippen molar-refractivity contribution in [2.75, 3.05) is 19.0 Å². The molecule has 1 amide bonds. The normalized spacial score (nSPS) is 11.4. The maximum absolute atomic E-state index is 11.8. The Balaban J connectivity index is 2.84. The van der Waals surface area contributed by atoms with Gasteiger partial charge in [0.05, 0.1) is 6.04 Å². The summed E-state index contributed by atoms with van der Waals surface area (Å²) in [4.78, 5) is 13.7. The van der Waals surface area contributed by atoms with Gasteiger partial charge >= 0.3 is 0 Å². The standard InChI is InChI=1S/C13H16N2O/c1-5-10(2)14-13(16)11-7-6-8-12(9-11)15(3)4/h1,6-10H,2-4H3,(H,14,16). The van der Waals surface area contributed by atoms with E-state index in [-0.39, 0.29) is 11.9 Å². The molecule has 0 spiro atoms. The number of nitrogens with one attached hydrogen (secondary N) is 1. The lowest BCUT2D eigenvalue weighted by Crippen LogP contribution is -2.31. The molecule has 3 nitrogen and oxygen atoms in total. The molecule has 0 bridgehead atoms. The Labute approximate surface area is 96.5 Å². The van der Waals surface area contributed by atoms with Crippen molar-refractivity contribution in [3.63, 3.8) is 0 Å². The fourth-order valence-corrected chi connectivity index (χ4v) is 1.25. The average Bonchev–Trinajstić information content (AvgIpc) is 2.28. The molecule has 1 aromatic carbocycles. The van der Waals surface area contributed by atoms with Gasteiger partial charge in [0.25, 0.3) is 5.91 Å². The summed E-state index contributed by atoms with van der Waals surface area (Å²) in [6.07, 6.45) is 5.20. The minimum absolute atomic E-state index is 0.144. The van der Waals surface area contributed by atoms with E-state index in [1.807, 2.05) is 37.2 Å². The van der Waals surface area contributed by atoms with Crippen molar-refractivity contribution in [3.05, 3.63) is 29.8 Å². The fourth-order valence-electron chi connectivity index (χ4n) is 1.25. The van der Waals surface area contributed by atoms with Gasteiger partial charge in [0.2, 0.25) is 0 Å². The van der Waals surface area contributed by atoms with Gasteiger partial charge < -0.3 is 10.2 Å². The summed E-state index contributed by atoms with van der Waals surface area (Å²) in [6, 6.07) is 7.14. The minimum Gasteiger partial charge on any atom is -0.378 e. The van der Waals surface area contributed by atoms with Crippen LogP contribution < -0.4 is 10.2 Å². The SMILES string of the molecule is C#CC(C)NC(=O)c1cccc(N(C)C)c1. The van der Waals surface area contributed by atoms with Crippen LogP contribution in [0.1, 0.15) is 17.3 Å². The van der Waals surface area contributed by atoms with Crippen LogP contribution in [0.25, 0.3) is 0 Å². The molecule has 1 atom stereocenters. The van der Waals surface area contributed by atoms with Crippen LogP contribution in [-0.4, -0.2) is 26.0 Å². The quantitative estimate of drug-likeness (QED) is 0.777. The molecule has 0 heterocycles. The van der Waals surface area contributed by atoms with E-state index in [0.717, 1.165) is 5.69 Å². The molecule has 0 aliphatic carbocycles. The molecule has 0 aliphatic heterocycles. The summed E-state index contributed by atoms with van der Waals surface area (Å²) in [6.45, 7) is 1.77. The Morgan fingerprint density at radius 2 is 2.19 bits per heavy atom. The molecular weight excluding hydrogens is 200 g/mol. The number of anilines is 1. The van der Waals surface area contributed by atoms with E-state index >= 15 is 0 Å². The third kappa shape index (κ3) is 3.03. The molecular formula is C13H16N2O. The molecule has 0 saturated heterocycles. The molecule has 3 heteroatoms. The third-order valence-electron chi connectivity index (χ3n) is 2.22. The molecule has 84 valence electrons. The monoisotopic (exact) mass is 216 g/mol. The number of nitrogens with zero attached hydrogens (tertiary/aromatic N) is 1. The summed E-state index contributed by atoms with van der Waals surface area (Å²) in [5.74, 6) is 2.32. The Bertz CT molecular complexity index is 418. The van der Waals surface area contributed by atoms with E-state index in [2.05, 4.69) is 11.2 Å². The van der Waals surface area contributed by atoms with E-state index in [0.29, 0.717) is 5.56 Å². The number of hydrogen-bond acceptors (Lipinski definition) is 2. The zero-order valence-electron chi connectivity index (χ0n) is 9.82. The molecule has 1 aromatic rings. The molecule has 0 aliphatic rings. The van der Waals surface area contributed by atoms with Crippen molar-refractivity contribution < 1.29 is 4.79 Å². The second-order valence-corrected chi connectivity index (χ2v) is 3.81. The highest BCUT2D eigenvalue weighted by atomic mass is 16.1. The highest BCUT2D eigenvalue weighted by Crippen LogP contribution is 2.13. The van der Waals surface area contributed by atoms with E-state index in [1.165, 1.54) is 0 Å². The summed E-state index contributed by atoms with van der Waals surface area (Å²) in [7, 11) is 3.86. The van der Waals surface area contributed by atoms with Crippen molar-refractivity contribution in [2.45, 2.75) is 13.0 Å². The second kappa shape index (κ2) is 5.22. The summed E-state index contributed by atoms with van der Waals surface area (Å²) < 4.78 is 0. The number of amides is 1. The van der Waals surface area contributed by atoms with Gasteiger partial charge in [-0.1, -0.05) is 12.0 Å². The first kappa shape index (κ1) is 12.1. The molecule has 0 radical (unpaired) electrons. The highest BCUT2D eigenvalue weighted by molar-refractivity contribution is 5.95. The second-order valence-electron chi connectivity index (χ2n) is 3.81. The van der Waals surface area contributed by atoms with Gasteiger partial charge in [-0.05, 0) is 25.1 Å². The van der Waals surface area contributed by atoms with Crippen LogP contribution in [0.15, 0.2) is 24.3 Å². The topological polar surface area (TPSA) is 32.3 Å². The van der Waals surface area contributed by atoms with Crippen LogP contribution in [0.2, 0.25) is 0 Å². The van der Waals surface area contributed by atoms with Gasteiger partial charge in [0.1, 0.15) is 0 Å². The summed E-state index contributed by atoms with van der Waals surface area (Å²) >= 11 is 0. The van der Waals surface area contributed by atoms with Crippen molar-refractivity contribution in [2.24, 2.45) is 0 Å². The lowest BCUT2D eigenvalue weighted by molar-refractivity contribution is 0.0948.